The maximum absolute atomic E-state index is 14.5. The molecule has 0 aromatic heterocycles. The van der Waals surface area contributed by atoms with Crippen LogP contribution < -0.4 is 0 Å². The summed E-state index contributed by atoms with van der Waals surface area (Å²) in [6.45, 7) is 11.6. The van der Waals surface area contributed by atoms with Crippen molar-refractivity contribution in [1.29, 1.82) is 0 Å². The van der Waals surface area contributed by atoms with Gasteiger partial charge in [0.05, 0.1) is 16.6 Å². The summed E-state index contributed by atoms with van der Waals surface area (Å²) in [4.78, 5) is 47.6. The third kappa shape index (κ3) is 4.93. The minimum atomic E-state index is -0.638. The summed E-state index contributed by atoms with van der Waals surface area (Å²) in [6, 6.07) is 9.23. The molecule has 0 saturated carbocycles. The Morgan fingerprint density at radius 2 is 1.84 bits per heavy atom. The Morgan fingerprint density at radius 3 is 2.50 bits per heavy atom. The van der Waals surface area contributed by atoms with Crippen molar-refractivity contribution in [3.05, 3.63) is 61.2 Å². The number of benzene rings is 1. The molecule has 8 heteroatoms. The second kappa shape index (κ2) is 12.1. The van der Waals surface area contributed by atoms with E-state index in [0.717, 1.165) is 18.4 Å². The van der Waals surface area contributed by atoms with Crippen LogP contribution in [0.3, 0.4) is 0 Å². The van der Waals surface area contributed by atoms with Gasteiger partial charge in [0.15, 0.2) is 0 Å². The van der Waals surface area contributed by atoms with E-state index in [4.69, 9.17) is 0 Å². The number of hydrogen-bond donors (Lipinski definition) is 1. The molecule has 6 atom stereocenters. The van der Waals surface area contributed by atoms with Crippen LogP contribution in [0.2, 0.25) is 0 Å². The van der Waals surface area contributed by atoms with Gasteiger partial charge in [0, 0.05) is 45.1 Å². The molecule has 1 spiro atoms. The lowest BCUT2D eigenvalue weighted by molar-refractivity contribution is -0.144. The van der Waals surface area contributed by atoms with Gasteiger partial charge in [-0.25, -0.2) is 0 Å². The van der Waals surface area contributed by atoms with Crippen LogP contribution in [0.5, 0.6) is 0 Å². The van der Waals surface area contributed by atoms with Crippen molar-refractivity contribution in [2.45, 2.75) is 55.2 Å². The number of nitrogens with zero attached hydrogens (tertiary/aromatic N) is 3. The number of aliphatic hydroxyl groups excluding tert-OH is 1. The van der Waals surface area contributed by atoms with Crippen molar-refractivity contribution in [3.8, 4) is 0 Å². The minimum Gasteiger partial charge on any atom is -0.396 e. The highest BCUT2D eigenvalue weighted by Gasteiger charge is 2.76. The molecule has 3 fully saturated rings. The SMILES string of the molecule is C=CCN(C)C(=O)[C@@H]1[C@@H]2CC(C)C3(S2)C(C(=O)N(CC=C)Cc2ccccc2)N(CCCCCO)C(=O)[C@H]13. The number of thioether (sulfide) groups is 1. The van der Waals surface area contributed by atoms with Crippen LogP contribution in [0.25, 0.3) is 0 Å². The summed E-state index contributed by atoms with van der Waals surface area (Å²) in [5.74, 6) is -1.01. The van der Waals surface area contributed by atoms with E-state index in [9.17, 15) is 19.5 Å². The van der Waals surface area contributed by atoms with Crippen LogP contribution >= 0.6 is 11.8 Å². The van der Waals surface area contributed by atoms with E-state index in [1.165, 1.54) is 0 Å². The third-order valence-electron chi connectivity index (χ3n) is 8.48. The summed E-state index contributed by atoms with van der Waals surface area (Å²) in [5, 5.41) is 9.28. The summed E-state index contributed by atoms with van der Waals surface area (Å²) in [7, 11) is 1.76. The zero-order valence-electron chi connectivity index (χ0n) is 22.6. The molecule has 3 unspecified atom stereocenters. The number of likely N-dealkylation sites (tertiary alicyclic amines) is 1. The van der Waals surface area contributed by atoms with Gasteiger partial charge >= 0.3 is 0 Å². The number of unbranched alkanes of at least 4 members (excludes halogenated alkanes) is 2. The van der Waals surface area contributed by atoms with E-state index in [-0.39, 0.29) is 35.5 Å². The van der Waals surface area contributed by atoms with E-state index in [1.807, 2.05) is 30.3 Å². The Hall–Kier alpha value is -2.58. The Labute approximate surface area is 230 Å². The lowest BCUT2D eigenvalue weighted by Gasteiger charge is -2.41. The maximum Gasteiger partial charge on any atom is 0.247 e. The van der Waals surface area contributed by atoms with E-state index in [2.05, 4.69) is 20.1 Å². The van der Waals surface area contributed by atoms with Gasteiger partial charge in [-0.2, -0.15) is 0 Å². The Bertz CT molecular complexity index is 1050. The van der Waals surface area contributed by atoms with Crippen molar-refractivity contribution in [2.24, 2.45) is 17.8 Å². The molecule has 2 bridgehead atoms. The fraction of sp³-hybridized carbons (Fsp3) is 0.567. The van der Waals surface area contributed by atoms with Crippen molar-refractivity contribution >= 4 is 29.5 Å². The molecule has 0 aliphatic carbocycles. The highest BCUT2D eigenvalue weighted by molar-refractivity contribution is 8.02. The van der Waals surface area contributed by atoms with Gasteiger partial charge in [-0.15, -0.1) is 24.9 Å². The molecule has 0 radical (unpaired) electrons. The molecule has 1 aromatic rings. The fourth-order valence-corrected chi connectivity index (χ4v) is 9.20. The first-order valence-electron chi connectivity index (χ1n) is 13.7. The average molecular weight is 540 g/mol. The van der Waals surface area contributed by atoms with E-state index in [0.29, 0.717) is 39.0 Å². The maximum atomic E-state index is 14.5. The number of carbonyl (C=O) groups excluding carboxylic acids is 3. The number of carbonyl (C=O) groups is 3. The topological polar surface area (TPSA) is 81.2 Å². The molecule has 38 heavy (non-hydrogen) atoms. The molecule has 4 rings (SSSR count). The molecular formula is C30H41N3O4S. The first kappa shape index (κ1) is 28.4. The molecule has 1 aromatic carbocycles. The molecule has 3 saturated heterocycles. The lowest BCUT2D eigenvalue weighted by Crippen LogP contribution is -2.57. The lowest BCUT2D eigenvalue weighted by atomic mass is 9.65. The highest BCUT2D eigenvalue weighted by Crippen LogP contribution is 2.68. The molecule has 7 nitrogen and oxygen atoms in total. The van der Waals surface area contributed by atoms with Gasteiger partial charge in [-0.1, -0.05) is 49.4 Å². The number of amides is 3. The molecule has 206 valence electrons. The zero-order valence-corrected chi connectivity index (χ0v) is 23.4. The predicted molar refractivity (Wildman–Crippen MR) is 151 cm³/mol. The van der Waals surface area contributed by atoms with Crippen molar-refractivity contribution < 1.29 is 19.5 Å². The second-order valence-electron chi connectivity index (χ2n) is 10.9. The minimum absolute atomic E-state index is 0.0209. The first-order valence-corrected chi connectivity index (χ1v) is 14.6. The second-order valence-corrected chi connectivity index (χ2v) is 12.4. The molecule has 3 aliphatic rings. The summed E-state index contributed by atoms with van der Waals surface area (Å²) >= 11 is 1.71. The zero-order chi connectivity index (χ0) is 27.4. The fourth-order valence-electron chi connectivity index (χ4n) is 6.80. The molecular weight excluding hydrogens is 498 g/mol. The third-order valence-corrected chi connectivity index (χ3v) is 10.6. The smallest absolute Gasteiger partial charge is 0.247 e. The Morgan fingerprint density at radius 1 is 1.13 bits per heavy atom. The monoisotopic (exact) mass is 539 g/mol. The number of hydrogen-bond acceptors (Lipinski definition) is 5. The normalized spacial score (nSPS) is 29.3. The van der Waals surface area contributed by atoms with E-state index >= 15 is 0 Å². The van der Waals surface area contributed by atoms with Crippen molar-refractivity contribution in [1.82, 2.24) is 14.7 Å². The van der Waals surface area contributed by atoms with Gasteiger partial charge in [-0.05, 0) is 37.2 Å². The van der Waals surface area contributed by atoms with Gasteiger partial charge in [-0.3, -0.25) is 14.4 Å². The largest absolute Gasteiger partial charge is 0.396 e. The van der Waals surface area contributed by atoms with Crippen LogP contribution in [-0.2, 0) is 20.9 Å². The summed E-state index contributed by atoms with van der Waals surface area (Å²) < 4.78 is -0.638. The van der Waals surface area contributed by atoms with Crippen LogP contribution in [0.15, 0.2) is 55.6 Å². The van der Waals surface area contributed by atoms with Gasteiger partial charge < -0.3 is 19.8 Å². The van der Waals surface area contributed by atoms with E-state index < -0.39 is 22.6 Å². The standard InChI is InChI=1S/C30H41N3O4S/c1-5-15-31(4)27(35)24-23-19-21(3)30(38-23)25(24)28(36)33(17-11-8-12-18-34)26(30)29(37)32(16-6-2)20-22-13-9-7-10-14-22/h5-7,9-10,13-14,21,23-26,34H,1-2,8,11-12,15-20H2,3-4H3/t21?,23-,24+,25-,26?,30?/m0/s1. The molecule has 1 N–H and O–H groups in total. The van der Waals surface area contributed by atoms with Gasteiger partial charge in [0.1, 0.15) is 6.04 Å². The quantitative estimate of drug-likeness (QED) is 0.307. The molecule has 3 heterocycles. The number of rotatable bonds is 13. The van der Waals surface area contributed by atoms with Crippen molar-refractivity contribution in [3.63, 3.8) is 0 Å². The molecule has 3 aliphatic heterocycles. The molecule has 3 amide bonds. The number of aliphatic hydroxyl groups is 1. The van der Waals surface area contributed by atoms with Gasteiger partial charge in [0.2, 0.25) is 17.7 Å². The predicted octanol–water partition coefficient (Wildman–Crippen LogP) is 3.35. The van der Waals surface area contributed by atoms with Gasteiger partial charge in [0.25, 0.3) is 0 Å². The number of likely N-dealkylation sites (N-methyl/N-ethyl adjacent to an activating group) is 1. The van der Waals surface area contributed by atoms with Crippen molar-refractivity contribution in [2.75, 3.05) is 33.3 Å². The highest BCUT2D eigenvalue weighted by atomic mass is 32.2. The first-order chi connectivity index (χ1) is 18.3. The van der Waals surface area contributed by atoms with Crippen LogP contribution in [0.4, 0.5) is 0 Å². The Balaban J connectivity index is 1.72. The van der Waals surface area contributed by atoms with E-state index in [1.54, 1.807) is 45.7 Å². The summed E-state index contributed by atoms with van der Waals surface area (Å²) in [6.07, 6.45) is 6.38. The average Bonchev–Trinajstić information content (AvgIpc) is 3.50. The summed E-state index contributed by atoms with van der Waals surface area (Å²) in [5.41, 5.74) is 1.02. The van der Waals surface area contributed by atoms with Crippen LogP contribution in [-0.4, -0.2) is 86.9 Å². The van der Waals surface area contributed by atoms with Crippen LogP contribution in [0, 0.1) is 17.8 Å². The number of fused-ring (bicyclic) bond motifs is 1. The van der Waals surface area contributed by atoms with Crippen LogP contribution in [0.1, 0.15) is 38.2 Å². The Kier molecular flexibility index (Phi) is 9.04.